The first-order chi connectivity index (χ1) is 13.2. The molecule has 0 spiro atoms. The van der Waals surface area contributed by atoms with Gasteiger partial charge in [-0.25, -0.2) is 4.98 Å². The number of aromatic amines is 1. The lowest BCUT2D eigenvalue weighted by Gasteiger charge is -2.07. The van der Waals surface area contributed by atoms with Crippen molar-refractivity contribution in [3.8, 4) is 5.75 Å². The van der Waals surface area contributed by atoms with Crippen LogP contribution in [0.2, 0.25) is 0 Å². The fourth-order valence-corrected chi connectivity index (χ4v) is 2.29. The summed E-state index contributed by atoms with van der Waals surface area (Å²) in [6.07, 6.45) is 0. The van der Waals surface area contributed by atoms with Gasteiger partial charge in [-0.15, -0.1) is 10.2 Å². The number of benzene rings is 2. The molecule has 0 saturated carbocycles. The van der Waals surface area contributed by atoms with Gasteiger partial charge in [0.1, 0.15) is 5.75 Å². The molecule has 0 aliphatic rings. The van der Waals surface area contributed by atoms with Crippen molar-refractivity contribution in [3.63, 3.8) is 0 Å². The highest BCUT2D eigenvalue weighted by atomic mass is 16.5. The Morgan fingerprint density at radius 3 is 2.59 bits per heavy atom. The molecule has 0 aliphatic carbocycles. The number of methoxy groups -OCH3 is 1. The van der Waals surface area contributed by atoms with Gasteiger partial charge in [-0.3, -0.25) is 15.2 Å². The molecule has 0 fully saturated rings. The van der Waals surface area contributed by atoms with Gasteiger partial charge in [-0.1, -0.05) is 42.5 Å². The van der Waals surface area contributed by atoms with Gasteiger partial charge in [-0.2, -0.15) is 5.10 Å². The molecule has 2 N–H and O–H groups in total. The van der Waals surface area contributed by atoms with Crippen molar-refractivity contribution in [3.05, 3.63) is 82.3 Å². The number of para-hydroxylation sites is 2. The van der Waals surface area contributed by atoms with Gasteiger partial charge < -0.3 is 4.74 Å². The van der Waals surface area contributed by atoms with Crippen LogP contribution in [0.3, 0.4) is 0 Å². The zero-order valence-corrected chi connectivity index (χ0v) is 14.9. The third-order valence-electron chi connectivity index (χ3n) is 3.52. The molecule has 0 radical (unpaired) electrons. The van der Waals surface area contributed by atoms with Crippen molar-refractivity contribution in [1.29, 1.82) is 0 Å². The zero-order chi connectivity index (χ0) is 19.1. The number of nitrogens with one attached hydrogen (secondary N) is 2. The SMILES string of the molecule is COc1ccccc1N/N=C(/N=Nc1nc(C)cc(=O)[nH]1)c1ccccc1. The fraction of sp³-hybridized carbons (Fsp3) is 0.105. The fourth-order valence-electron chi connectivity index (χ4n) is 2.29. The van der Waals surface area contributed by atoms with E-state index in [9.17, 15) is 4.79 Å². The summed E-state index contributed by atoms with van der Waals surface area (Å²) in [6.45, 7) is 1.71. The third kappa shape index (κ3) is 4.85. The number of hydrazone groups is 1. The van der Waals surface area contributed by atoms with Crippen molar-refractivity contribution in [1.82, 2.24) is 9.97 Å². The van der Waals surface area contributed by atoms with Crippen molar-refractivity contribution >= 4 is 17.5 Å². The maximum Gasteiger partial charge on any atom is 0.252 e. The van der Waals surface area contributed by atoms with Crippen molar-refractivity contribution < 1.29 is 4.74 Å². The normalized spacial score (nSPS) is 11.6. The quantitative estimate of drug-likeness (QED) is 0.313. The molecule has 1 aromatic heterocycles. The molecule has 136 valence electrons. The van der Waals surface area contributed by atoms with Crippen molar-refractivity contribution in [2.45, 2.75) is 6.92 Å². The number of hydrogen-bond donors (Lipinski definition) is 2. The summed E-state index contributed by atoms with van der Waals surface area (Å²) in [7, 11) is 1.59. The van der Waals surface area contributed by atoms with E-state index in [2.05, 4.69) is 30.7 Å². The summed E-state index contributed by atoms with van der Waals surface area (Å²) in [5, 5.41) is 12.5. The van der Waals surface area contributed by atoms with Crippen LogP contribution in [0.1, 0.15) is 11.3 Å². The van der Waals surface area contributed by atoms with Crippen LogP contribution in [0, 0.1) is 6.92 Å². The molecule has 1 heterocycles. The minimum Gasteiger partial charge on any atom is -0.495 e. The minimum absolute atomic E-state index is 0.112. The number of nitrogens with zero attached hydrogens (tertiary/aromatic N) is 4. The van der Waals surface area contributed by atoms with Gasteiger partial charge in [0, 0.05) is 17.3 Å². The summed E-state index contributed by atoms with van der Waals surface area (Å²) in [6, 6.07) is 18.1. The Balaban J connectivity index is 1.94. The molecule has 8 heteroatoms. The van der Waals surface area contributed by atoms with E-state index in [0.717, 1.165) is 5.56 Å². The summed E-state index contributed by atoms with van der Waals surface area (Å²) in [4.78, 5) is 18.2. The molecule has 3 rings (SSSR count). The monoisotopic (exact) mass is 362 g/mol. The lowest BCUT2D eigenvalue weighted by atomic mass is 10.2. The van der Waals surface area contributed by atoms with Gasteiger partial charge in [-0.05, 0) is 19.1 Å². The predicted molar refractivity (Wildman–Crippen MR) is 104 cm³/mol. The molecular weight excluding hydrogens is 344 g/mol. The number of ether oxygens (including phenoxy) is 1. The molecule has 0 atom stereocenters. The van der Waals surface area contributed by atoms with Crippen LogP contribution in [-0.4, -0.2) is 22.9 Å². The zero-order valence-electron chi connectivity index (χ0n) is 14.9. The highest BCUT2D eigenvalue weighted by Crippen LogP contribution is 2.23. The molecule has 2 aromatic carbocycles. The summed E-state index contributed by atoms with van der Waals surface area (Å²) in [5.41, 5.74) is 4.64. The number of rotatable bonds is 5. The molecular formula is C19H18N6O2. The Morgan fingerprint density at radius 2 is 1.85 bits per heavy atom. The standard InChI is InChI=1S/C19H18N6O2/c1-13-12-17(26)21-19(20-13)25-24-18(14-8-4-3-5-9-14)23-22-15-10-6-7-11-16(15)27-2/h3-12,22H,1-2H3,(H,20,21,26)/b23-18+,25-24?. The second-order valence-corrected chi connectivity index (χ2v) is 5.52. The lowest BCUT2D eigenvalue weighted by molar-refractivity contribution is 0.416. The van der Waals surface area contributed by atoms with Gasteiger partial charge in [0.25, 0.3) is 5.56 Å². The van der Waals surface area contributed by atoms with Crippen LogP contribution in [0.15, 0.2) is 80.8 Å². The van der Waals surface area contributed by atoms with Gasteiger partial charge in [0.2, 0.25) is 11.8 Å². The van der Waals surface area contributed by atoms with E-state index in [1.165, 1.54) is 6.07 Å². The highest BCUT2D eigenvalue weighted by Gasteiger charge is 2.05. The average Bonchev–Trinajstić information content (AvgIpc) is 2.68. The Hall–Kier alpha value is -3.81. The first-order valence-electron chi connectivity index (χ1n) is 8.17. The van der Waals surface area contributed by atoms with Gasteiger partial charge >= 0.3 is 0 Å². The molecule has 3 aromatic rings. The number of amidine groups is 1. The third-order valence-corrected chi connectivity index (χ3v) is 3.52. The van der Waals surface area contributed by atoms with E-state index in [-0.39, 0.29) is 11.5 Å². The van der Waals surface area contributed by atoms with Crippen LogP contribution in [-0.2, 0) is 0 Å². The lowest BCUT2D eigenvalue weighted by Crippen LogP contribution is -2.06. The summed E-state index contributed by atoms with van der Waals surface area (Å²) < 4.78 is 5.30. The van der Waals surface area contributed by atoms with E-state index < -0.39 is 0 Å². The Morgan fingerprint density at radius 1 is 1.11 bits per heavy atom. The topological polar surface area (TPSA) is 104 Å². The first-order valence-corrected chi connectivity index (χ1v) is 8.17. The second kappa shape index (κ2) is 8.52. The smallest absolute Gasteiger partial charge is 0.252 e. The Bertz CT molecular complexity index is 1030. The second-order valence-electron chi connectivity index (χ2n) is 5.52. The number of anilines is 1. The van der Waals surface area contributed by atoms with Crippen LogP contribution < -0.4 is 15.7 Å². The van der Waals surface area contributed by atoms with Crippen LogP contribution in [0.25, 0.3) is 0 Å². The molecule has 0 aliphatic heterocycles. The van der Waals surface area contributed by atoms with Crippen LogP contribution >= 0.6 is 0 Å². The Labute approximate surface area is 155 Å². The Kier molecular flexibility index (Phi) is 5.68. The number of azo groups is 1. The number of H-pyrrole nitrogens is 1. The largest absolute Gasteiger partial charge is 0.495 e. The summed E-state index contributed by atoms with van der Waals surface area (Å²) in [5.74, 6) is 1.09. The van der Waals surface area contributed by atoms with Crippen molar-refractivity contribution in [2.75, 3.05) is 12.5 Å². The number of aromatic nitrogens is 2. The van der Waals surface area contributed by atoms with Gasteiger partial charge in [0.15, 0.2) is 0 Å². The molecule has 27 heavy (non-hydrogen) atoms. The molecule has 8 nitrogen and oxygen atoms in total. The molecule has 0 amide bonds. The van der Waals surface area contributed by atoms with E-state index in [4.69, 9.17) is 4.74 Å². The van der Waals surface area contributed by atoms with E-state index in [0.29, 0.717) is 23.0 Å². The predicted octanol–water partition coefficient (Wildman–Crippen LogP) is 3.64. The summed E-state index contributed by atoms with van der Waals surface area (Å²) >= 11 is 0. The number of hydrogen-bond acceptors (Lipinski definition) is 6. The van der Waals surface area contributed by atoms with Crippen LogP contribution in [0.5, 0.6) is 5.75 Å². The average molecular weight is 362 g/mol. The first kappa shape index (κ1) is 18.0. The molecule has 0 bridgehead atoms. The van der Waals surface area contributed by atoms with Crippen LogP contribution in [0.4, 0.5) is 11.6 Å². The van der Waals surface area contributed by atoms with E-state index >= 15 is 0 Å². The van der Waals surface area contributed by atoms with E-state index in [1.54, 1.807) is 14.0 Å². The van der Waals surface area contributed by atoms with E-state index in [1.807, 2.05) is 54.6 Å². The van der Waals surface area contributed by atoms with Crippen molar-refractivity contribution in [2.24, 2.45) is 15.3 Å². The molecule has 0 saturated heterocycles. The number of aryl methyl sites for hydroxylation is 1. The maximum atomic E-state index is 11.6. The maximum absolute atomic E-state index is 11.6. The highest BCUT2D eigenvalue weighted by molar-refractivity contribution is 5.99. The minimum atomic E-state index is -0.290. The molecule has 0 unspecified atom stereocenters. The van der Waals surface area contributed by atoms with Gasteiger partial charge in [0.05, 0.1) is 12.8 Å².